The van der Waals surface area contributed by atoms with Crippen LogP contribution in [0.4, 0.5) is 0 Å². The summed E-state index contributed by atoms with van der Waals surface area (Å²) in [4.78, 5) is 10.5. The van der Waals surface area contributed by atoms with Gasteiger partial charge >= 0.3 is 5.97 Å². The Morgan fingerprint density at radius 1 is 1.75 bits per heavy atom. The second-order valence-electron chi connectivity index (χ2n) is 2.34. The van der Waals surface area contributed by atoms with Gasteiger partial charge in [0.25, 0.3) is 0 Å². The van der Waals surface area contributed by atoms with Gasteiger partial charge in [-0.05, 0) is 6.42 Å². The SMILES string of the molecule is CCCc1c(Cl)noc1C(=O)O. The molecule has 0 bridgehead atoms. The summed E-state index contributed by atoms with van der Waals surface area (Å²) >= 11 is 5.60. The average molecular weight is 190 g/mol. The third-order valence-electron chi connectivity index (χ3n) is 1.43. The normalized spacial score (nSPS) is 10.2. The molecule has 66 valence electrons. The summed E-state index contributed by atoms with van der Waals surface area (Å²) in [7, 11) is 0. The van der Waals surface area contributed by atoms with Crippen molar-refractivity contribution >= 4 is 17.6 Å². The first-order valence-corrected chi connectivity index (χ1v) is 3.92. The zero-order valence-corrected chi connectivity index (χ0v) is 7.26. The molecular weight excluding hydrogens is 182 g/mol. The van der Waals surface area contributed by atoms with Gasteiger partial charge < -0.3 is 9.63 Å². The molecule has 5 heteroatoms. The lowest BCUT2D eigenvalue weighted by Crippen LogP contribution is -1.98. The van der Waals surface area contributed by atoms with E-state index < -0.39 is 5.97 Å². The molecule has 1 rings (SSSR count). The lowest BCUT2D eigenvalue weighted by molar-refractivity contribution is 0.0650. The Bertz CT molecular complexity index is 295. The number of carbonyl (C=O) groups is 1. The molecule has 0 aliphatic carbocycles. The molecule has 1 heterocycles. The smallest absolute Gasteiger partial charge is 0.375 e. The van der Waals surface area contributed by atoms with E-state index in [0.29, 0.717) is 12.0 Å². The quantitative estimate of drug-likeness (QED) is 0.790. The molecule has 0 saturated heterocycles. The number of hydrogen-bond donors (Lipinski definition) is 1. The number of hydrogen-bond acceptors (Lipinski definition) is 3. The summed E-state index contributed by atoms with van der Waals surface area (Å²) in [6.07, 6.45) is 1.38. The van der Waals surface area contributed by atoms with Gasteiger partial charge in [0.1, 0.15) is 0 Å². The number of aromatic nitrogens is 1. The maximum atomic E-state index is 10.5. The highest BCUT2D eigenvalue weighted by Gasteiger charge is 2.19. The van der Waals surface area contributed by atoms with Crippen molar-refractivity contribution in [2.75, 3.05) is 0 Å². The molecule has 12 heavy (non-hydrogen) atoms. The summed E-state index contributed by atoms with van der Waals surface area (Å²) in [5, 5.41) is 12.1. The van der Waals surface area contributed by atoms with E-state index in [0.717, 1.165) is 6.42 Å². The van der Waals surface area contributed by atoms with Crippen LogP contribution in [0.25, 0.3) is 0 Å². The molecule has 0 spiro atoms. The van der Waals surface area contributed by atoms with E-state index in [1.54, 1.807) is 0 Å². The van der Waals surface area contributed by atoms with Crippen molar-refractivity contribution in [1.29, 1.82) is 0 Å². The highest BCUT2D eigenvalue weighted by molar-refractivity contribution is 6.30. The van der Waals surface area contributed by atoms with Crippen LogP contribution < -0.4 is 0 Å². The van der Waals surface area contributed by atoms with Gasteiger partial charge in [0.15, 0.2) is 5.15 Å². The molecule has 0 amide bonds. The van der Waals surface area contributed by atoms with E-state index in [-0.39, 0.29) is 10.9 Å². The average Bonchev–Trinajstić information content (AvgIpc) is 2.34. The van der Waals surface area contributed by atoms with Crippen LogP contribution in [0.2, 0.25) is 5.15 Å². The predicted molar refractivity (Wildman–Crippen MR) is 42.5 cm³/mol. The van der Waals surface area contributed by atoms with Crippen molar-refractivity contribution < 1.29 is 14.4 Å². The standard InChI is InChI=1S/C7H8ClNO3/c1-2-3-4-5(7(10)11)12-9-6(4)8/h2-3H2,1H3,(H,10,11). The van der Waals surface area contributed by atoms with Gasteiger partial charge in [0.05, 0.1) is 0 Å². The molecule has 1 N–H and O–H groups in total. The monoisotopic (exact) mass is 189 g/mol. The number of rotatable bonds is 3. The van der Waals surface area contributed by atoms with Crippen LogP contribution in [0.15, 0.2) is 4.52 Å². The summed E-state index contributed by atoms with van der Waals surface area (Å²) in [5.74, 6) is -1.28. The first-order valence-electron chi connectivity index (χ1n) is 3.54. The molecule has 0 aromatic carbocycles. The highest BCUT2D eigenvalue weighted by atomic mass is 35.5. The third kappa shape index (κ3) is 1.58. The molecular formula is C7H8ClNO3. The Labute approximate surface area is 74.1 Å². The van der Waals surface area contributed by atoms with E-state index in [4.69, 9.17) is 16.7 Å². The first kappa shape index (κ1) is 9.06. The largest absolute Gasteiger partial charge is 0.475 e. The number of carboxylic acids is 1. The van der Waals surface area contributed by atoms with Gasteiger partial charge in [-0.15, -0.1) is 0 Å². The van der Waals surface area contributed by atoms with Crippen molar-refractivity contribution in [3.8, 4) is 0 Å². The minimum atomic E-state index is -1.13. The fraction of sp³-hybridized carbons (Fsp3) is 0.429. The maximum absolute atomic E-state index is 10.5. The van der Waals surface area contributed by atoms with Crippen LogP contribution in [-0.4, -0.2) is 16.2 Å². The van der Waals surface area contributed by atoms with Gasteiger partial charge in [-0.3, -0.25) is 0 Å². The van der Waals surface area contributed by atoms with Crippen LogP contribution >= 0.6 is 11.6 Å². The van der Waals surface area contributed by atoms with E-state index in [1.807, 2.05) is 6.92 Å². The van der Waals surface area contributed by atoms with Gasteiger partial charge in [0.2, 0.25) is 5.76 Å². The molecule has 0 unspecified atom stereocenters. The van der Waals surface area contributed by atoms with Crippen LogP contribution in [0.5, 0.6) is 0 Å². The van der Waals surface area contributed by atoms with E-state index >= 15 is 0 Å². The lowest BCUT2D eigenvalue weighted by Gasteiger charge is -1.92. The molecule has 0 radical (unpaired) electrons. The molecule has 4 nitrogen and oxygen atoms in total. The Hall–Kier alpha value is -1.03. The van der Waals surface area contributed by atoms with Crippen LogP contribution in [0.3, 0.4) is 0 Å². The molecule has 0 aliphatic rings. The van der Waals surface area contributed by atoms with E-state index in [1.165, 1.54) is 0 Å². The Morgan fingerprint density at radius 3 is 2.92 bits per heavy atom. The zero-order chi connectivity index (χ0) is 9.14. The highest BCUT2D eigenvalue weighted by Crippen LogP contribution is 2.20. The maximum Gasteiger partial charge on any atom is 0.375 e. The van der Waals surface area contributed by atoms with E-state index in [9.17, 15) is 4.79 Å². The van der Waals surface area contributed by atoms with Gasteiger partial charge in [-0.1, -0.05) is 30.1 Å². The number of nitrogens with zero attached hydrogens (tertiary/aromatic N) is 1. The first-order chi connectivity index (χ1) is 5.66. The third-order valence-corrected chi connectivity index (χ3v) is 1.73. The van der Waals surface area contributed by atoms with Crippen molar-refractivity contribution in [1.82, 2.24) is 5.16 Å². The van der Waals surface area contributed by atoms with Crippen LogP contribution in [0, 0.1) is 0 Å². The molecule has 0 saturated carbocycles. The summed E-state index contributed by atoms with van der Waals surface area (Å²) in [6.45, 7) is 1.93. The molecule has 1 aromatic heterocycles. The minimum absolute atomic E-state index is 0.147. The topological polar surface area (TPSA) is 63.3 Å². The van der Waals surface area contributed by atoms with Crippen LogP contribution in [-0.2, 0) is 6.42 Å². The molecule has 0 aliphatic heterocycles. The Kier molecular flexibility index (Phi) is 2.70. The van der Waals surface area contributed by atoms with Gasteiger partial charge in [-0.25, -0.2) is 4.79 Å². The van der Waals surface area contributed by atoms with Gasteiger partial charge in [-0.2, -0.15) is 0 Å². The van der Waals surface area contributed by atoms with Crippen molar-refractivity contribution in [2.45, 2.75) is 19.8 Å². The molecule has 1 aromatic rings. The number of carboxylic acid groups (broad SMARTS) is 1. The molecule has 0 atom stereocenters. The zero-order valence-electron chi connectivity index (χ0n) is 6.50. The fourth-order valence-corrected chi connectivity index (χ4v) is 1.14. The predicted octanol–water partition coefficient (Wildman–Crippen LogP) is 1.98. The van der Waals surface area contributed by atoms with Gasteiger partial charge in [0, 0.05) is 5.56 Å². The Morgan fingerprint density at radius 2 is 2.42 bits per heavy atom. The van der Waals surface area contributed by atoms with Crippen molar-refractivity contribution in [2.24, 2.45) is 0 Å². The van der Waals surface area contributed by atoms with Crippen LogP contribution in [0.1, 0.15) is 29.5 Å². The number of halogens is 1. The van der Waals surface area contributed by atoms with Crippen molar-refractivity contribution in [3.63, 3.8) is 0 Å². The molecule has 0 fully saturated rings. The second-order valence-corrected chi connectivity index (χ2v) is 2.69. The minimum Gasteiger partial charge on any atom is -0.475 e. The lowest BCUT2D eigenvalue weighted by atomic mass is 10.1. The summed E-state index contributed by atoms with van der Waals surface area (Å²) < 4.78 is 4.53. The fourth-order valence-electron chi connectivity index (χ4n) is 0.924. The number of aromatic carboxylic acids is 1. The second kappa shape index (κ2) is 3.58. The summed E-state index contributed by atoms with van der Waals surface area (Å²) in [6, 6.07) is 0. The van der Waals surface area contributed by atoms with E-state index in [2.05, 4.69) is 9.68 Å². The van der Waals surface area contributed by atoms with Crippen molar-refractivity contribution in [3.05, 3.63) is 16.5 Å². The Balaban J connectivity index is 3.03. The summed E-state index contributed by atoms with van der Waals surface area (Å²) in [5.41, 5.74) is 0.478.